The second-order valence-corrected chi connectivity index (χ2v) is 5.64. The molecule has 0 aliphatic rings. The van der Waals surface area contributed by atoms with Gasteiger partial charge in [-0.05, 0) is 52.2 Å². The number of hydrogen-bond acceptors (Lipinski definition) is 3. The van der Waals surface area contributed by atoms with Gasteiger partial charge in [-0.1, -0.05) is 28.1 Å². The first-order chi connectivity index (χ1) is 9.51. The first-order valence-corrected chi connectivity index (χ1v) is 7.70. The van der Waals surface area contributed by atoms with Crippen molar-refractivity contribution in [3.63, 3.8) is 0 Å². The van der Waals surface area contributed by atoms with Crippen LogP contribution < -0.4 is 4.74 Å². The molecule has 0 radical (unpaired) electrons. The van der Waals surface area contributed by atoms with Gasteiger partial charge in [-0.25, -0.2) is 0 Å². The van der Waals surface area contributed by atoms with Gasteiger partial charge in [0.15, 0.2) is 0 Å². The highest BCUT2D eigenvalue weighted by Gasteiger charge is 2.16. The maximum absolute atomic E-state index is 11.1. The summed E-state index contributed by atoms with van der Waals surface area (Å²) in [6, 6.07) is 10.5. The SMILES string of the molecule is Cc1ccc(Oc2ccc(CBr)cc2Br)c([N+](=O)[O-])c1. The molecule has 0 atom stereocenters. The zero-order valence-corrected chi connectivity index (χ0v) is 13.8. The fourth-order valence-corrected chi connectivity index (χ4v) is 2.54. The molecule has 2 aromatic rings. The van der Waals surface area contributed by atoms with Crippen LogP contribution >= 0.6 is 31.9 Å². The summed E-state index contributed by atoms with van der Waals surface area (Å²) in [5, 5.41) is 11.8. The summed E-state index contributed by atoms with van der Waals surface area (Å²) in [6.45, 7) is 1.80. The molecule has 0 fully saturated rings. The van der Waals surface area contributed by atoms with Crippen molar-refractivity contribution >= 4 is 37.5 Å². The Morgan fingerprint density at radius 1 is 1.20 bits per heavy atom. The van der Waals surface area contributed by atoms with Gasteiger partial charge in [-0.15, -0.1) is 0 Å². The van der Waals surface area contributed by atoms with E-state index in [1.54, 1.807) is 25.1 Å². The summed E-state index contributed by atoms with van der Waals surface area (Å²) in [7, 11) is 0. The normalized spacial score (nSPS) is 10.3. The third kappa shape index (κ3) is 3.37. The summed E-state index contributed by atoms with van der Waals surface area (Å²) >= 11 is 6.78. The Morgan fingerprint density at radius 2 is 1.90 bits per heavy atom. The van der Waals surface area contributed by atoms with Crippen LogP contribution in [0.25, 0.3) is 0 Å². The van der Waals surface area contributed by atoms with Crippen LogP contribution in [0.1, 0.15) is 11.1 Å². The molecule has 0 unspecified atom stereocenters. The minimum atomic E-state index is -0.441. The lowest BCUT2D eigenvalue weighted by Gasteiger charge is -2.09. The van der Waals surface area contributed by atoms with Gasteiger partial charge in [0, 0.05) is 11.4 Å². The smallest absolute Gasteiger partial charge is 0.311 e. The fourth-order valence-electron chi connectivity index (χ4n) is 1.69. The predicted octanol–water partition coefficient (Wildman–Crippen LogP) is 5.35. The first-order valence-electron chi connectivity index (χ1n) is 5.78. The lowest BCUT2D eigenvalue weighted by Crippen LogP contribution is -1.95. The summed E-state index contributed by atoms with van der Waals surface area (Å²) in [5.41, 5.74) is 1.86. The van der Waals surface area contributed by atoms with E-state index in [4.69, 9.17) is 4.74 Å². The number of benzene rings is 2. The van der Waals surface area contributed by atoms with Gasteiger partial charge in [0.05, 0.1) is 9.40 Å². The summed E-state index contributed by atoms with van der Waals surface area (Å²) in [4.78, 5) is 10.6. The standard InChI is InChI=1S/C14H11Br2NO3/c1-9-2-4-14(12(6-9)17(18)19)20-13-5-3-10(8-15)7-11(13)16/h2-7H,8H2,1H3. The van der Waals surface area contributed by atoms with Crippen LogP contribution in [0.15, 0.2) is 40.9 Å². The molecule has 4 nitrogen and oxygen atoms in total. The van der Waals surface area contributed by atoms with Crippen LogP contribution in [-0.4, -0.2) is 4.92 Å². The average molecular weight is 401 g/mol. The van der Waals surface area contributed by atoms with Crippen molar-refractivity contribution in [3.8, 4) is 11.5 Å². The van der Waals surface area contributed by atoms with Crippen molar-refractivity contribution in [3.05, 3.63) is 62.1 Å². The van der Waals surface area contributed by atoms with Crippen molar-refractivity contribution in [2.24, 2.45) is 0 Å². The molecule has 0 N–H and O–H groups in total. The van der Waals surface area contributed by atoms with Crippen molar-refractivity contribution in [1.29, 1.82) is 0 Å². The molecule has 6 heteroatoms. The van der Waals surface area contributed by atoms with E-state index in [2.05, 4.69) is 31.9 Å². The topological polar surface area (TPSA) is 52.4 Å². The molecule has 104 valence electrons. The molecule has 0 spiro atoms. The van der Waals surface area contributed by atoms with Crippen LogP contribution in [0.2, 0.25) is 0 Å². The van der Waals surface area contributed by atoms with E-state index >= 15 is 0 Å². The second-order valence-electron chi connectivity index (χ2n) is 4.23. The van der Waals surface area contributed by atoms with Gasteiger partial charge in [0.1, 0.15) is 5.75 Å². The molecule has 0 aliphatic heterocycles. The monoisotopic (exact) mass is 399 g/mol. The Kier molecular flexibility index (Phi) is 4.77. The van der Waals surface area contributed by atoms with E-state index in [1.165, 1.54) is 6.07 Å². The quantitative estimate of drug-likeness (QED) is 0.394. The van der Waals surface area contributed by atoms with Gasteiger partial charge < -0.3 is 4.74 Å². The molecule has 0 amide bonds. The van der Waals surface area contributed by atoms with Crippen molar-refractivity contribution in [1.82, 2.24) is 0 Å². The molecular formula is C14H11Br2NO3. The van der Waals surface area contributed by atoms with E-state index < -0.39 is 4.92 Å². The molecule has 0 saturated heterocycles. The minimum Gasteiger partial charge on any atom is -0.449 e. The van der Waals surface area contributed by atoms with Crippen molar-refractivity contribution in [2.45, 2.75) is 12.3 Å². The number of hydrogen-bond donors (Lipinski definition) is 0. The fraction of sp³-hybridized carbons (Fsp3) is 0.143. The Bertz CT molecular complexity index is 659. The zero-order chi connectivity index (χ0) is 14.7. The largest absolute Gasteiger partial charge is 0.449 e. The van der Waals surface area contributed by atoms with E-state index in [0.717, 1.165) is 20.9 Å². The second kappa shape index (κ2) is 6.37. The summed E-state index contributed by atoms with van der Waals surface area (Å²) < 4.78 is 6.41. The Balaban J connectivity index is 2.37. The molecule has 0 saturated carbocycles. The summed E-state index contributed by atoms with van der Waals surface area (Å²) in [6.07, 6.45) is 0. The number of halogens is 2. The van der Waals surface area contributed by atoms with E-state index in [-0.39, 0.29) is 11.4 Å². The Hall–Kier alpha value is -1.40. The minimum absolute atomic E-state index is 0.0403. The van der Waals surface area contributed by atoms with E-state index in [0.29, 0.717) is 5.75 Å². The molecule has 0 aliphatic carbocycles. The van der Waals surface area contributed by atoms with Gasteiger partial charge in [-0.2, -0.15) is 0 Å². The number of nitro benzene ring substituents is 1. The van der Waals surface area contributed by atoms with Crippen LogP contribution in [0, 0.1) is 17.0 Å². The molecule has 20 heavy (non-hydrogen) atoms. The number of alkyl halides is 1. The molecule has 0 bridgehead atoms. The highest BCUT2D eigenvalue weighted by atomic mass is 79.9. The summed E-state index contributed by atoms with van der Waals surface area (Å²) in [5.74, 6) is 0.773. The molecular weight excluding hydrogens is 390 g/mol. The van der Waals surface area contributed by atoms with E-state index in [9.17, 15) is 10.1 Å². The van der Waals surface area contributed by atoms with Crippen LogP contribution in [0.5, 0.6) is 11.5 Å². The van der Waals surface area contributed by atoms with Crippen molar-refractivity contribution in [2.75, 3.05) is 0 Å². The number of rotatable bonds is 4. The molecule has 2 rings (SSSR count). The molecule has 0 heterocycles. The number of ether oxygens (including phenoxy) is 1. The van der Waals surface area contributed by atoms with E-state index in [1.807, 2.05) is 12.1 Å². The van der Waals surface area contributed by atoms with Crippen LogP contribution in [0.3, 0.4) is 0 Å². The van der Waals surface area contributed by atoms with Gasteiger partial charge in [0.25, 0.3) is 0 Å². The highest BCUT2D eigenvalue weighted by Crippen LogP contribution is 2.36. The average Bonchev–Trinajstić information content (AvgIpc) is 2.42. The lowest BCUT2D eigenvalue weighted by atomic mass is 10.2. The third-order valence-electron chi connectivity index (χ3n) is 2.68. The van der Waals surface area contributed by atoms with Crippen molar-refractivity contribution < 1.29 is 9.66 Å². The number of nitrogens with zero attached hydrogens (tertiary/aromatic N) is 1. The van der Waals surface area contributed by atoms with Gasteiger partial charge >= 0.3 is 5.69 Å². The number of aryl methyl sites for hydroxylation is 1. The van der Waals surface area contributed by atoms with Gasteiger partial charge in [-0.3, -0.25) is 10.1 Å². The number of nitro groups is 1. The van der Waals surface area contributed by atoms with Gasteiger partial charge in [0.2, 0.25) is 5.75 Å². The molecule has 0 aromatic heterocycles. The van der Waals surface area contributed by atoms with Crippen LogP contribution in [0.4, 0.5) is 5.69 Å². The highest BCUT2D eigenvalue weighted by molar-refractivity contribution is 9.10. The maximum Gasteiger partial charge on any atom is 0.311 e. The molecule has 2 aromatic carbocycles. The first kappa shape index (κ1) is 15.0. The third-order valence-corrected chi connectivity index (χ3v) is 3.95. The Morgan fingerprint density at radius 3 is 2.50 bits per heavy atom. The predicted molar refractivity (Wildman–Crippen MR) is 84.7 cm³/mol. The van der Waals surface area contributed by atoms with Crippen LogP contribution in [-0.2, 0) is 5.33 Å². The lowest BCUT2D eigenvalue weighted by molar-refractivity contribution is -0.385. The zero-order valence-electron chi connectivity index (χ0n) is 10.6. The Labute approximate surface area is 133 Å². The maximum atomic E-state index is 11.1.